The summed E-state index contributed by atoms with van der Waals surface area (Å²) >= 11 is 0. The highest BCUT2D eigenvalue weighted by Crippen LogP contribution is 2.29. The van der Waals surface area contributed by atoms with Gasteiger partial charge in [-0.2, -0.15) is 8.42 Å². The van der Waals surface area contributed by atoms with Gasteiger partial charge < -0.3 is 19.6 Å². The van der Waals surface area contributed by atoms with Crippen molar-refractivity contribution in [3.63, 3.8) is 0 Å². The summed E-state index contributed by atoms with van der Waals surface area (Å²) in [7, 11) is -4.42. The fourth-order valence-corrected chi connectivity index (χ4v) is 3.95. The largest absolute Gasteiger partial charge is 0.434 e. The van der Waals surface area contributed by atoms with Gasteiger partial charge in [0, 0.05) is 24.0 Å². The maximum Gasteiger partial charge on any atom is 0.434 e. The summed E-state index contributed by atoms with van der Waals surface area (Å²) in [6.07, 6.45) is 4.11. The van der Waals surface area contributed by atoms with Crippen LogP contribution in [0.15, 0.2) is 17.5 Å². The summed E-state index contributed by atoms with van der Waals surface area (Å²) in [4.78, 5) is 16.6. The first-order valence-electron chi connectivity index (χ1n) is 8.71. The van der Waals surface area contributed by atoms with Crippen molar-refractivity contribution in [3.8, 4) is 0 Å². The zero-order chi connectivity index (χ0) is 20.6. The van der Waals surface area contributed by atoms with E-state index in [4.69, 9.17) is 15.0 Å². The number of nitro groups is 1. The van der Waals surface area contributed by atoms with Crippen LogP contribution in [0.3, 0.4) is 0 Å². The number of nitrogens with zero attached hydrogens (tertiary/aromatic N) is 6. The SMILES string of the molecule is [N-]=[N+]=NC(C(CCCOC1CCCCO1)CS(=O)(=O)O)n1ccnc1[N+](=O)[O-]. The lowest BCUT2D eigenvalue weighted by molar-refractivity contribution is -0.397. The Morgan fingerprint density at radius 2 is 2.36 bits per heavy atom. The molecule has 13 nitrogen and oxygen atoms in total. The van der Waals surface area contributed by atoms with Gasteiger partial charge in [-0.1, -0.05) is 10.1 Å². The molecule has 0 saturated carbocycles. The van der Waals surface area contributed by atoms with Gasteiger partial charge in [-0.15, -0.1) is 0 Å². The zero-order valence-corrected chi connectivity index (χ0v) is 15.8. The minimum atomic E-state index is -4.42. The van der Waals surface area contributed by atoms with Crippen molar-refractivity contribution in [2.45, 2.75) is 44.6 Å². The summed E-state index contributed by atoms with van der Waals surface area (Å²) in [5, 5.41) is 14.6. The standard InChI is InChI=1S/C14H22N6O7S/c15-18-17-13(19-7-6-16-14(19)20(21)22)11(10-28(23,24)25)4-3-9-27-12-5-1-2-8-26-12/h6-7,11-13H,1-5,8-10H2,(H,23,24,25). The fraction of sp³-hybridized carbons (Fsp3) is 0.786. The Kier molecular flexibility index (Phi) is 8.14. The molecule has 156 valence electrons. The molecule has 2 rings (SSSR count). The molecule has 14 heteroatoms. The molecule has 0 radical (unpaired) electrons. The molecule has 1 aromatic heterocycles. The van der Waals surface area contributed by atoms with E-state index in [1.54, 1.807) is 0 Å². The second-order valence-electron chi connectivity index (χ2n) is 6.33. The molecule has 1 aromatic rings. The van der Waals surface area contributed by atoms with E-state index in [2.05, 4.69) is 15.0 Å². The third-order valence-electron chi connectivity index (χ3n) is 4.27. The van der Waals surface area contributed by atoms with E-state index >= 15 is 0 Å². The molecule has 0 spiro atoms. The molecule has 0 bridgehead atoms. The average molecular weight is 418 g/mol. The number of ether oxygens (including phenoxy) is 2. The Hall–Kier alpha value is -2.25. The van der Waals surface area contributed by atoms with Crippen LogP contribution in [-0.4, -0.2) is 52.7 Å². The van der Waals surface area contributed by atoms with Crippen molar-refractivity contribution >= 4 is 16.1 Å². The number of azide groups is 1. The molecular weight excluding hydrogens is 396 g/mol. The number of hydrogen-bond acceptors (Lipinski definition) is 8. The third kappa shape index (κ3) is 6.73. The topological polar surface area (TPSA) is 183 Å². The lowest BCUT2D eigenvalue weighted by Gasteiger charge is -2.24. The molecular formula is C14H22N6O7S. The summed E-state index contributed by atoms with van der Waals surface area (Å²) in [6.45, 7) is 0.890. The van der Waals surface area contributed by atoms with Crippen LogP contribution in [0.1, 0.15) is 38.3 Å². The fourth-order valence-electron chi connectivity index (χ4n) is 3.07. The van der Waals surface area contributed by atoms with Crippen LogP contribution in [0, 0.1) is 16.0 Å². The maximum atomic E-state index is 11.4. The average Bonchev–Trinajstić information content (AvgIpc) is 3.12. The molecule has 2 heterocycles. The molecule has 1 N–H and O–H groups in total. The molecule has 1 aliphatic heterocycles. The Morgan fingerprint density at radius 1 is 1.57 bits per heavy atom. The van der Waals surface area contributed by atoms with E-state index in [1.807, 2.05) is 0 Å². The first-order chi connectivity index (χ1) is 13.3. The molecule has 0 amide bonds. The van der Waals surface area contributed by atoms with Gasteiger partial charge in [0.2, 0.25) is 0 Å². The van der Waals surface area contributed by atoms with Gasteiger partial charge in [0.15, 0.2) is 12.5 Å². The Morgan fingerprint density at radius 3 is 2.96 bits per heavy atom. The second-order valence-corrected chi connectivity index (χ2v) is 7.83. The van der Waals surface area contributed by atoms with Crippen molar-refractivity contribution in [2.75, 3.05) is 19.0 Å². The molecule has 3 unspecified atom stereocenters. The van der Waals surface area contributed by atoms with E-state index < -0.39 is 38.8 Å². The van der Waals surface area contributed by atoms with Crippen LogP contribution in [0.2, 0.25) is 0 Å². The van der Waals surface area contributed by atoms with Crippen LogP contribution in [0.25, 0.3) is 10.4 Å². The van der Waals surface area contributed by atoms with Gasteiger partial charge in [-0.3, -0.25) is 4.55 Å². The second kappa shape index (κ2) is 10.3. The molecule has 1 fully saturated rings. The number of aromatic nitrogens is 2. The highest BCUT2D eigenvalue weighted by molar-refractivity contribution is 7.85. The van der Waals surface area contributed by atoms with Gasteiger partial charge in [-0.05, 0) is 42.6 Å². The van der Waals surface area contributed by atoms with Crippen molar-refractivity contribution in [1.29, 1.82) is 0 Å². The lowest BCUT2D eigenvalue weighted by atomic mass is 10.0. The third-order valence-corrected chi connectivity index (χ3v) is 5.12. The molecule has 0 aromatic carbocycles. The minimum absolute atomic E-state index is 0.172. The molecule has 3 atom stereocenters. The van der Waals surface area contributed by atoms with Crippen molar-refractivity contribution in [2.24, 2.45) is 11.0 Å². The molecule has 1 saturated heterocycles. The Bertz CT molecular complexity index is 801. The predicted octanol–water partition coefficient (Wildman–Crippen LogP) is 2.43. The van der Waals surface area contributed by atoms with Crippen molar-refractivity contribution in [1.82, 2.24) is 9.55 Å². The number of hydrogen-bond donors (Lipinski definition) is 1. The van der Waals surface area contributed by atoms with Crippen LogP contribution < -0.4 is 0 Å². The number of imidazole rings is 1. The molecule has 0 aliphatic carbocycles. The monoisotopic (exact) mass is 418 g/mol. The first-order valence-corrected chi connectivity index (χ1v) is 10.3. The van der Waals surface area contributed by atoms with E-state index in [1.165, 1.54) is 6.20 Å². The van der Waals surface area contributed by atoms with Crippen LogP contribution in [0.4, 0.5) is 5.95 Å². The summed E-state index contributed by atoms with van der Waals surface area (Å²) in [5.41, 5.74) is 8.86. The highest BCUT2D eigenvalue weighted by atomic mass is 32.2. The van der Waals surface area contributed by atoms with Gasteiger partial charge >= 0.3 is 5.95 Å². The van der Waals surface area contributed by atoms with Crippen LogP contribution in [0.5, 0.6) is 0 Å². The zero-order valence-electron chi connectivity index (χ0n) is 15.0. The lowest BCUT2D eigenvalue weighted by Crippen LogP contribution is -2.26. The summed E-state index contributed by atoms with van der Waals surface area (Å²) in [5.74, 6) is -2.24. The molecule has 28 heavy (non-hydrogen) atoms. The minimum Gasteiger partial charge on any atom is -0.390 e. The Balaban J connectivity index is 2.10. The van der Waals surface area contributed by atoms with Crippen LogP contribution >= 0.6 is 0 Å². The number of rotatable bonds is 11. The highest BCUT2D eigenvalue weighted by Gasteiger charge is 2.32. The van der Waals surface area contributed by atoms with Crippen molar-refractivity contribution < 1.29 is 27.4 Å². The van der Waals surface area contributed by atoms with Gasteiger partial charge in [0.1, 0.15) is 12.4 Å². The van der Waals surface area contributed by atoms with Crippen molar-refractivity contribution in [3.05, 3.63) is 33.0 Å². The van der Waals surface area contributed by atoms with E-state index in [0.717, 1.165) is 30.0 Å². The maximum absolute atomic E-state index is 11.4. The Labute approximate surface area is 161 Å². The summed E-state index contributed by atoms with van der Waals surface area (Å²) < 4.78 is 44.1. The van der Waals surface area contributed by atoms with E-state index in [9.17, 15) is 23.1 Å². The van der Waals surface area contributed by atoms with E-state index in [0.29, 0.717) is 13.0 Å². The van der Waals surface area contributed by atoms with Gasteiger partial charge in [0.05, 0.1) is 5.75 Å². The smallest absolute Gasteiger partial charge is 0.390 e. The summed E-state index contributed by atoms with van der Waals surface area (Å²) in [6, 6.07) is 0. The van der Waals surface area contributed by atoms with Gasteiger partial charge in [-0.25, -0.2) is 4.57 Å². The predicted molar refractivity (Wildman–Crippen MR) is 95.7 cm³/mol. The normalized spacial score (nSPS) is 19.5. The van der Waals surface area contributed by atoms with E-state index in [-0.39, 0.29) is 19.3 Å². The van der Waals surface area contributed by atoms with Crippen LogP contribution in [-0.2, 0) is 19.6 Å². The quantitative estimate of drug-likeness (QED) is 0.108. The van der Waals surface area contributed by atoms with Gasteiger partial charge in [0.25, 0.3) is 10.1 Å². The first kappa shape index (κ1) is 22.0. The molecule has 1 aliphatic rings.